The van der Waals surface area contributed by atoms with Crippen molar-refractivity contribution in [3.63, 3.8) is 0 Å². The third-order valence-corrected chi connectivity index (χ3v) is 16.0. The largest absolute Gasteiger partial charge is 0.489 e. The maximum Gasteiger partial charge on any atom is 0.407 e. The van der Waals surface area contributed by atoms with Crippen LogP contribution in [-0.4, -0.2) is 91.2 Å². The quantitative estimate of drug-likeness (QED) is 0.0619. The number of carboxylic acid groups (broad SMARTS) is 1. The van der Waals surface area contributed by atoms with Gasteiger partial charge in [0.1, 0.15) is 18.5 Å². The summed E-state index contributed by atoms with van der Waals surface area (Å²) in [5, 5.41) is 25.2. The van der Waals surface area contributed by atoms with Crippen LogP contribution in [0.25, 0.3) is 10.4 Å². The van der Waals surface area contributed by atoms with E-state index < -0.39 is 52.0 Å². The fraction of sp³-hybridized carbons (Fsp3) is 0.490. The molecule has 3 aromatic carbocycles. The second-order valence-electron chi connectivity index (χ2n) is 19.0. The van der Waals surface area contributed by atoms with Crippen molar-refractivity contribution in [3.8, 4) is 16.2 Å². The van der Waals surface area contributed by atoms with E-state index in [1.165, 1.54) is 22.5 Å². The van der Waals surface area contributed by atoms with E-state index in [0.29, 0.717) is 47.6 Å². The zero-order valence-electron chi connectivity index (χ0n) is 38.2. The first kappa shape index (κ1) is 48.9. The Morgan fingerprint density at radius 1 is 1.02 bits per heavy atom. The molecule has 1 aliphatic carbocycles. The third-order valence-electron chi connectivity index (χ3n) is 12.9. The molecule has 0 saturated carbocycles. The first-order valence-corrected chi connectivity index (χ1v) is 24.8. The molecule has 7 rings (SSSR count). The molecule has 356 valence electrons. The van der Waals surface area contributed by atoms with Gasteiger partial charge in [-0.3, -0.25) is 4.79 Å². The predicted molar refractivity (Wildman–Crippen MR) is 251 cm³/mol. The number of thiophene rings is 1. The highest BCUT2D eigenvalue weighted by Crippen LogP contribution is 2.46. The highest BCUT2D eigenvalue weighted by atomic mass is 32.2. The van der Waals surface area contributed by atoms with Gasteiger partial charge >= 0.3 is 12.1 Å². The Labute approximate surface area is 390 Å². The van der Waals surface area contributed by atoms with Crippen LogP contribution in [0.4, 0.5) is 10.5 Å². The zero-order chi connectivity index (χ0) is 47.6. The number of aromatic carboxylic acids is 1. The van der Waals surface area contributed by atoms with E-state index in [4.69, 9.17) is 30.4 Å². The molecule has 1 aromatic heterocycles. The molecule has 66 heavy (non-hydrogen) atoms. The number of fused-ring (bicyclic) bond motifs is 2. The van der Waals surface area contributed by atoms with E-state index in [1.54, 1.807) is 23.5 Å². The summed E-state index contributed by atoms with van der Waals surface area (Å²) in [4.78, 5) is 39.7. The Hall–Kier alpha value is -5.04. The monoisotopic (exact) mass is 946 g/mol. The number of anilines is 1. The fourth-order valence-corrected chi connectivity index (χ4v) is 12.3. The van der Waals surface area contributed by atoms with Gasteiger partial charge in [0.2, 0.25) is 15.9 Å². The van der Waals surface area contributed by atoms with Crippen molar-refractivity contribution in [2.75, 3.05) is 32.0 Å². The number of carboxylic acids is 1. The van der Waals surface area contributed by atoms with Crippen molar-refractivity contribution in [1.29, 1.82) is 0 Å². The smallest absolute Gasteiger partial charge is 0.407 e. The lowest BCUT2D eigenvalue weighted by molar-refractivity contribution is -0.181. The molecular formula is C49H62N4O11S2. The van der Waals surface area contributed by atoms with Crippen LogP contribution in [-0.2, 0) is 61.3 Å². The number of hydrogen-bond donors (Lipinski definition) is 5. The molecular weight excluding hydrogens is 885 g/mol. The minimum atomic E-state index is -4.23. The van der Waals surface area contributed by atoms with Gasteiger partial charge in [-0.1, -0.05) is 64.1 Å². The lowest BCUT2D eigenvalue weighted by Crippen LogP contribution is -2.51. The van der Waals surface area contributed by atoms with Gasteiger partial charge in [-0.05, 0) is 115 Å². The zero-order valence-corrected chi connectivity index (χ0v) is 39.8. The van der Waals surface area contributed by atoms with Crippen LogP contribution in [0.1, 0.15) is 91.4 Å². The molecule has 2 amide bonds. The predicted octanol–water partition coefficient (Wildman–Crippen LogP) is 6.70. The molecule has 15 nitrogen and oxygen atoms in total. The Bertz CT molecular complexity index is 2530. The molecule has 3 heterocycles. The molecule has 17 heteroatoms. The Balaban J connectivity index is 1.10. The van der Waals surface area contributed by atoms with Gasteiger partial charge in [0.15, 0.2) is 5.79 Å². The van der Waals surface area contributed by atoms with Crippen LogP contribution in [0.2, 0.25) is 0 Å². The number of alkyl carbamates (subject to hydrolysis) is 1. The minimum Gasteiger partial charge on any atom is -0.489 e. The van der Waals surface area contributed by atoms with Gasteiger partial charge in [0, 0.05) is 35.0 Å². The van der Waals surface area contributed by atoms with Crippen LogP contribution < -0.4 is 21.5 Å². The summed E-state index contributed by atoms with van der Waals surface area (Å²) in [6.07, 6.45) is 0.650. The first-order valence-electron chi connectivity index (χ1n) is 22.5. The number of rotatable bonds is 19. The van der Waals surface area contributed by atoms with Crippen LogP contribution in [0.15, 0.2) is 71.6 Å². The molecule has 0 radical (unpaired) electrons. The van der Waals surface area contributed by atoms with Gasteiger partial charge in [0.05, 0.1) is 41.7 Å². The number of hydrogen-bond acceptors (Lipinski definition) is 12. The number of aryl methyl sites for hydroxylation is 2. The third kappa shape index (κ3) is 11.2. The summed E-state index contributed by atoms with van der Waals surface area (Å²) in [6.45, 7) is 10.4. The summed E-state index contributed by atoms with van der Waals surface area (Å²) in [7, 11) is -4.23. The number of sulfonamides is 1. The second kappa shape index (κ2) is 20.1. The number of aliphatic hydroxyl groups excluding tert-OH is 1. The number of primary amides is 1. The molecule has 5 atom stereocenters. The highest BCUT2D eigenvalue weighted by molar-refractivity contribution is 7.89. The molecule has 2 aliphatic heterocycles. The minimum absolute atomic E-state index is 0.0161. The number of carbonyl (C=O) groups excluding carboxylic acids is 2. The van der Waals surface area contributed by atoms with E-state index in [9.17, 15) is 33.0 Å². The summed E-state index contributed by atoms with van der Waals surface area (Å²) in [5.41, 5.74) is 16.0. The molecule has 4 aromatic rings. The molecule has 0 unspecified atom stereocenters. The van der Waals surface area contributed by atoms with Crippen molar-refractivity contribution in [3.05, 3.63) is 99.4 Å². The number of nitrogens with two attached hydrogens (primary N) is 2. The normalized spacial score (nSPS) is 21.0. The average molecular weight is 947 g/mol. The maximum atomic E-state index is 14.3. The maximum absolute atomic E-state index is 14.3. The number of amides is 2. The van der Waals surface area contributed by atoms with Gasteiger partial charge < -0.3 is 45.9 Å². The van der Waals surface area contributed by atoms with Crippen molar-refractivity contribution in [2.45, 2.75) is 115 Å². The summed E-state index contributed by atoms with van der Waals surface area (Å²) in [6, 6.07) is 18.1. The SMILES string of the molecule is CC(C)CN(C[C@@H](O)[C@H](Cc1ccc(OCc2ccccc2-c2sc3c(c2C(=O)O)CC(C)(C)CC3)cc1)NC(=O)O[C@H]1CO[C@@]2(C)OCC[C@@H]12)S(=O)(=O)c1ccc(N)c(CCC(N)=O)c1. The Kier molecular flexibility index (Phi) is 14.8. The van der Waals surface area contributed by atoms with Crippen LogP contribution >= 0.6 is 11.3 Å². The van der Waals surface area contributed by atoms with Gasteiger partial charge in [-0.2, -0.15) is 4.31 Å². The van der Waals surface area contributed by atoms with Crippen molar-refractivity contribution in [2.24, 2.45) is 23.0 Å². The van der Waals surface area contributed by atoms with E-state index >= 15 is 0 Å². The number of nitrogens with zero attached hydrogens (tertiary/aromatic N) is 1. The summed E-state index contributed by atoms with van der Waals surface area (Å²) in [5.74, 6) is -2.11. The van der Waals surface area contributed by atoms with Crippen LogP contribution in [0.5, 0.6) is 5.75 Å². The van der Waals surface area contributed by atoms with E-state index in [2.05, 4.69) is 19.2 Å². The Morgan fingerprint density at radius 2 is 1.76 bits per heavy atom. The number of nitrogen functional groups attached to an aromatic ring is 1. The van der Waals surface area contributed by atoms with E-state index in [-0.39, 0.29) is 67.7 Å². The number of ether oxygens (including phenoxy) is 4. The molecule has 0 bridgehead atoms. The van der Waals surface area contributed by atoms with E-state index in [0.717, 1.165) is 39.3 Å². The number of nitrogens with one attached hydrogen (secondary N) is 1. The van der Waals surface area contributed by atoms with Crippen LogP contribution in [0, 0.1) is 17.3 Å². The lowest BCUT2D eigenvalue weighted by Gasteiger charge is -2.31. The number of carbonyl (C=O) groups is 3. The van der Waals surface area contributed by atoms with Crippen LogP contribution in [0.3, 0.4) is 0 Å². The van der Waals surface area contributed by atoms with Gasteiger partial charge in [-0.25, -0.2) is 18.0 Å². The number of aliphatic hydroxyl groups is 1. The fourth-order valence-electron chi connectivity index (χ4n) is 9.24. The molecule has 7 N–H and O–H groups in total. The first-order chi connectivity index (χ1) is 31.2. The highest BCUT2D eigenvalue weighted by Gasteiger charge is 2.53. The topological polar surface area (TPSA) is 230 Å². The lowest BCUT2D eigenvalue weighted by atomic mass is 9.76. The molecule has 3 aliphatic rings. The van der Waals surface area contributed by atoms with Crippen molar-refractivity contribution in [1.82, 2.24) is 9.62 Å². The van der Waals surface area contributed by atoms with Crippen molar-refractivity contribution < 1.29 is 52.0 Å². The van der Waals surface area contributed by atoms with Gasteiger partial charge in [-0.15, -0.1) is 11.3 Å². The molecule has 0 spiro atoms. The Morgan fingerprint density at radius 3 is 2.47 bits per heavy atom. The number of benzene rings is 3. The second-order valence-corrected chi connectivity index (χ2v) is 22.1. The molecule has 2 fully saturated rings. The average Bonchev–Trinajstić information content (AvgIpc) is 3.92. The summed E-state index contributed by atoms with van der Waals surface area (Å²) >= 11 is 1.55. The van der Waals surface area contributed by atoms with E-state index in [1.807, 2.05) is 57.2 Å². The molecule has 2 saturated heterocycles. The standard InChI is InChI=1S/C49H62N4O11S2/c1-29(2)25-53(66(59,60)34-15-16-38(50)31(23-34)12-17-43(51)55)26-40(54)39(52-47(58)64-41-28-63-49(5)37(41)19-21-62-49)22-30-10-13-33(14-11-30)61-27-32-8-6-7-9-35(32)45-44(46(56)57)36-24-48(3,4)20-18-42(36)65-45/h6-11,13-16,23,29,37,39-41,54H,12,17-22,24-28,50H2,1-5H3,(H2,51,55)(H,52,58)(H,56,57)/t37-,39-,40+,41-,49+/m0/s1. The summed E-state index contributed by atoms with van der Waals surface area (Å²) < 4.78 is 53.6. The van der Waals surface area contributed by atoms with Crippen molar-refractivity contribution >= 4 is 45.0 Å². The van der Waals surface area contributed by atoms with Gasteiger partial charge in [0.25, 0.3) is 0 Å².